The summed E-state index contributed by atoms with van der Waals surface area (Å²) >= 11 is 0. The van der Waals surface area contributed by atoms with Crippen molar-refractivity contribution >= 4 is 5.91 Å². The van der Waals surface area contributed by atoms with E-state index in [1.54, 1.807) is 0 Å². The predicted molar refractivity (Wildman–Crippen MR) is 31.4 cm³/mol. The Kier molecular flexibility index (Phi) is 1.24. The Labute approximate surface area is 49.3 Å². The monoisotopic (exact) mass is 113 g/mol. The van der Waals surface area contributed by atoms with Gasteiger partial charge in [-0.3, -0.25) is 4.79 Å². The quantitative estimate of drug-likeness (QED) is 0.488. The molecule has 1 amide bonds. The molecule has 0 aromatic rings. The number of rotatable bonds is 0. The molecule has 0 aromatic heterocycles. The summed E-state index contributed by atoms with van der Waals surface area (Å²) < 4.78 is 0. The Hall–Kier alpha value is -0.530. The zero-order chi connectivity index (χ0) is 6.15. The minimum atomic E-state index is 0.206. The third-order valence-electron chi connectivity index (χ3n) is 1.54. The van der Waals surface area contributed by atoms with Crippen LogP contribution in [0.2, 0.25) is 0 Å². The van der Waals surface area contributed by atoms with Crippen molar-refractivity contribution in [3.8, 4) is 0 Å². The summed E-state index contributed by atoms with van der Waals surface area (Å²) in [6, 6.07) is 0.400. The number of hydrogen-bond donors (Lipinski definition) is 1. The number of nitrogens with one attached hydrogen (secondary N) is 1. The van der Waals surface area contributed by atoms with Crippen LogP contribution in [0.1, 0.15) is 20.3 Å². The number of carbonyl (C=O) groups excluding carboxylic acids is 1. The highest BCUT2D eigenvalue weighted by Crippen LogP contribution is 2.12. The third kappa shape index (κ3) is 0.831. The first-order valence-electron chi connectivity index (χ1n) is 3.00. The average Bonchev–Trinajstić information content (AvgIpc) is 1.85. The lowest BCUT2D eigenvalue weighted by Crippen LogP contribution is -2.22. The third-order valence-corrected chi connectivity index (χ3v) is 1.54. The summed E-state index contributed by atoms with van der Waals surface area (Å²) in [6.07, 6.45) is 0.999. The molecule has 0 bridgehead atoms. The van der Waals surface area contributed by atoms with Gasteiger partial charge >= 0.3 is 0 Å². The van der Waals surface area contributed by atoms with Crippen molar-refractivity contribution in [2.45, 2.75) is 26.3 Å². The molecule has 0 aliphatic carbocycles. The van der Waals surface area contributed by atoms with Gasteiger partial charge in [-0.1, -0.05) is 6.92 Å². The zero-order valence-corrected chi connectivity index (χ0v) is 5.27. The van der Waals surface area contributed by atoms with Crippen LogP contribution in [0.3, 0.4) is 0 Å². The van der Waals surface area contributed by atoms with Gasteiger partial charge in [-0.05, 0) is 13.3 Å². The maximum Gasteiger partial charge on any atom is 0.223 e. The maximum atomic E-state index is 10.7. The second-order valence-corrected chi connectivity index (χ2v) is 2.55. The number of amides is 1. The fourth-order valence-corrected chi connectivity index (χ4v) is 1.08. The molecule has 8 heavy (non-hydrogen) atoms. The minimum Gasteiger partial charge on any atom is -0.353 e. The van der Waals surface area contributed by atoms with E-state index < -0.39 is 0 Å². The predicted octanol–water partition coefficient (Wildman–Crippen LogP) is 0.531. The van der Waals surface area contributed by atoms with Gasteiger partial charge in [-0.25, -0.2) is 0 Å². The molecule has 0 spiro atoms. The lowest BCUT2D eigenvalue weighted by Gasteiger charge is -1.95. The van der Waals surface area contributed by atoms with E-state index in [0.717, 1.165) is 6.42 Å². The van der Waals surface area contributed by atoms with E-state index in [1.165, 1.54) is 0 Å². The molecule has 2 nitrogen and oxygen atoms in total. The normalized spacial score (nSPS) is 37.5. The van der Waals surface area contributed by atoms with Gasteiger partial charge in [0, 0.05) is 12.0 Å². The Bertz CT molecular complexity index is 111. The van der Waals surface area contributed by atoms with Crippen LogP contribution in [0, 0.1) is 5.92 Å². The lowest BCUT2D eigenvalue weighted by atomic mass is 10.1. The molecule has 1 rings (SSSR count). The molecule has 1 fully saturated rings. The zero-order valence-electron chi connectivity index (χ0n) is 5.27. The van der Waals surface area contributed by atoms with Gasteiger partial charge in [0.15, 0.2) is 0 Å². The summed E-state index contributed by atoms with van der Waals surface area (Å²) in [5.41, 5.74) is 0. The molecule has 1 aliphatic rings. The van der Waals surface area contributed by atoms with Crippen molar-refractivity contribution in [3.05, 3.63) is 0 Å². The van der Waals surface area contributed by atoms with Crippen LogP contribution < -0.4 is 5.32 Å². The van der Waals surface area contributed by atoms with Gasteiger partial charge in [-0.2, -0.15) is 0 Å². The first kappa shape index (κ1) is 5.60. The van der Waals surface area contributed by atoms with Crippen LogP contribution in [0.25, 0.3) is 0 Å². The highest BCUT2D eigenvalue weighted by Gasteiger charge is 2.24. The molecular weight excluding hydrogens is 102 g/mol. The maximum absolute atomic E-state index is 10.7. The van der Waals surface area contributed by atoms with Crippen LogP contribution in [0.5, 0.6) is 0 Å². The molecule has 0 radical (unpaired) electrons. The van der Waals surface area contributed by atoms with E-state index >= 15 is 0 Å². The largest absolute Gasteiger partial charge is 0.353 e. The Morgan fingerprint density at radius 3 is 2.38 bits per heavy atom. The first-order chi connectivity index (χ1) is 3.70. The molecule has 1 aliphatic heterocycles. The fourth-order valence-electron chi connectivity index (χ4n) is 1.08. The number of carbonyl (C=O) groups is 1. The van der Waals surface area contributed by atoms with Crippen molar-refractivity contribution in [1.82, 2.24) is 5.32 Å². The van der Waals surface area contributed by atoms with E-state index in [9.17, 15) is 4.79 Å². The molecule has 1 saturated heterocycles. The van der Waals surface area contributed by atoms with Gasteiger partial charge in [0.25, 0.3) is 0 Å². The molecule has 46 valence electrons. The summed E-state index contributed by atoms with van der Waals surface area (Å²) in [5, 5.41) is 2.83. The molecule has 1 N–H and O–H groups in total. The Balaban J connectivity index is 2.51. The van der Waals surface area contributed by atoms with Gasteiger partial charge in [-0.15, -0.1) is 0 Å². The van der Waals surface area contributed by atoms with E-state index in [-0.39, 0.29) is 11.8 Å². The fraction of sp³-hybridized carbons (Fsp3) is 0.833. The van der Waals surface area contributed by atoms with Crippen LogP contribution in [0.4, 0.5) is 0 Å². The van der Waals surface area contributed by atoms with Crippen LogP contribution >= 0.6 is 0 Å². The Morgan fingerprint density at radius 1 is 1.62 bits per heavy atom. The first-order valence-corrected chi connectivity index (χ1v) is 3.00. The van der Waals surface area contributed by atoms with E-state index in [2.05, 4.69) is 5.32 Å². The standard InChI is InChI=1S/C6H11NO/c1-4-3-5(2)7-6(4)8/h4-5H,3H2,1-2H3,(H,7,8)/t4?,5-/m0/s1. The SMILES string of the molecule is CC1C[C@H](C)NC1=O. The molecule has 2 atom stereocenters. The lowest BCUT2D eigenvalue weighted by molar-refractivity contribution is -0.122. The highest BCUT2D eigenvalue weighted by molar-refractivity contribution is 5.80. The van der Waals surface area contributed by atoms with Crippen molar-refractivity contribution in [3.63, 3.8) is 0 Å². The summed E-state index contributed by atoms with van der Waals surface area (Å²) in [5.74, 6) is 0.447. The molecule has 0 saturated carbocycles. The van der Waals surface area contributed by atoms with Crippen molar-refractivity contribution in [2.24, 2.45) is 5.92 Å². The van der Waals surface area contributed by atoms with Crippen LogP contribution in [-0.4, -0.2) is 11.9 Å². The highest BCUT2D eigenvalue weighted by atomic mass is 16.2. The van der Waals surface area contributed by atoms with Gasteiger partial charge in [0.1, 0.15) is 0 Å². The molecule has 1 unspecified atom stereocenters. The number of hydrogen-bond acceptors (Lipinski definition) is 1. The summed E-state index contributed by atoms with van der Waals surface area (Å²) in [7, 11) is 0. The molecule has 1 heterocycles. The minimum absolute atomic E-state index is 0.206. The summed E-state index contributed by atoms with van der Waals surface area (Å²) in [4.78, 5) is 10.7. The second kappa shape index (κ2) is 1.77. The average molecular weight is 113 g/mol. The van der Waals surface area contributed by atoms with E-state index in [1.807, 2.05) is 13.8 Å². The Morgan fingerprint density at radius 2 is 2.25 bits per heavy atom. The van der Waals surface area contributed by atoms with Gasteiger partial charge in [0.05, 0.1) is 0 Å². The second-order valence-electron chi connectivity index (χ2n) is 2.55. The van der Waals surface area contributed by atoms with Crippen molar-refractivity contribution < 1.29 is 4.79 Å². The van der Waals surface area contributed by atoms with E-state index in [0.29, 0.717) is 6.04 Å². The smallest absolute Gasteiger partial charge is 0.223 e. The molecular formula is C6H11NO. The van der Waals surface area contributed by atoms with Crippen molar-refractivity contribution in [1.29, 1.82) is 0 Å². The van der Waals surface area contributed by atoms with E-state index in [4.69, 9.17) is 0 Å². The van der Waals surface area contributed by atoms with Gasteiger partial charge in [0.2, 0.25) is 5.91 Å². The molecule has 2 heteroatoms. The van der Waals surface area contributed by atoms with Crippen molar-refractivity contribution in [2.75, 3.05) is 0 Å². The van der Waals surface area contributed by atoms with Gasteiger partial charge < -0.3 is 5.32 Å². The van der Waals surface area contributed by atoms with Crippen LogP contribution in [0.15, 0.2) is 0 Å². The molecule has 0 aromatic carbocycles. The summed E-state index contributed by atoms with van der Waals surface area (Å²) in [6.45, 7) is 3.99. The van der Waals surface area contributed by atoms with Crippen LogP contribution in [-0.2, 0) is 4.79 Å². The topological polar surface area (TPSA) is 29.1 Å².